The molecule has 1 unspecified atom stereocenters. The lowest BCUT2D eigenvalue weighted by atomic mass is 9.95. The summed E-state index contributed by atoms with van der Waals surface area (Å²) in [6.07, 6.45) is 3.07. The van der Waals surface area contributed by atoms with Crippen molar-refractivity contribution < 1.29 is 8.78 Å². The van der Waals surface area contributed by atoms with Crippen LogP contribution in [-0.4, -0.2) is 0 Å². The molecular formula is C12H15F2. The SMILES string of the molecule is [CH2]C(CCCC)c1ccc(F)c(F)c1. The summed E-state index contributed by atoms with van der Waals surface area (Å²) in [7, 11) is 0. The number of halogens is 2. The first-order valence-corrected chi connectivity index (χ1v) is 4.93. The lowest BCUT2D eigenvalue weighted by Gasteiger charge is -2.10. The van der Waals surface area contributed by atoms with Gasteiger partial charge >= 0.3 is 0 Å². The Morgan fingerprint density at radius 1 is 1.29 bits per heavy atom. The first kappa shape index (κ1) is 11.2. The van der Waals surface area contributed by atoms with Crippen molar-refractivity contribution in [3.8, 4) is 0 Å². The van der Waals surface area contributed by atoms with Crippen molar-refractivity contribution in [1.82, 2.24) is 0 Å². The normalized spacial score (nSPS) is 12.9. The van der Waals surface area contributed by atoms with Gasteiger partial charge in [0, 0.05) is 0 Å². The number of unbranched alkanes of at least 4 members (excludes halogenated alkanes) is 1. The van der Waals surface area contributed by atoms with E-state index in [0.717, 1.165) is 30.9 Å². The third-order valence-electron chi connectivity index (χ3n) is 2.32. The third-order valence-corrected chi connectivity index (χ3v) is 2.32. The van der Waals surface area contributed by atoms with E-state index in [1.807, 2.05) is 0 Å². The molecule has 0 aromatic heterocycles. The molecular weight excluding hydrogens is 182 g/mol. The minimum atomic E-state index is -0.795. The standard InChI is InChI=1S/C12H15F2/c1-3-4-5-9(2)10-6-7-11(13)12(14)8-10/h6-9H,2-5H2,1H3. The second kappa shape index (κ2) is 5.08. The summed E-state index contributed by atoms with van der Waals surface area (Å²) < 4.78 is 25.5. The summed E-state index contributed by atoms with van der Waals surface area (Å²) in [4.78, 5) is 0. The molecule has 0 heterocycles. The van der Waals surface area contributed by atoms with Crippen LogP contribution in [0.1, 0.15) is 37.7 Å². The molecule has 0 nitrogen and oxygen atoms in total. The fourth-order valence-corrected chi connectivity index (χ4v) is 1.38. The lowest BCUT2D eigenvalue weighted by Crippen LogP contribution is -1.96. The Bertz CT molecular complexity index is 294. The Hall–Kier alpha value is -0.920. The summed E-state index contributed by atoms with van der Waals surface area (Å²) in [6, 6.07) is 4.00. The molecule has 1 rings (SSSR count). The number of benzene rings is 1. The maximum absolute atomic E-state index is 12.9. The summed E-state index contributed by atoms with van der Waals surface area (Å²) in [6.45, 7) is 6.02. The fourth-order valence-electron chi connectivity index (χ4n) is 1.38. The van der Waals surface area contributed by atoms with Crippen LogP contribution in [0, 0.1) is 18.6 Å². The molecule has 0 aliphatic carbocycles. The van der Waals surface area contributed by atoms with Crippen molar-refractivity contribution in [3.63, 3.8) is 0 Å². The zero-order chi connectivity index (χ0) is 10.6. The van der Waals surface area contributed by atoms with Crippen molar-refractivity contribution >= 4 is 0 Å². The zero-order valence-electron chi connectivity index (χ0n) is 8.39. The average Bonchev–Trinajstić information content (AvgIpc) is 2.18. The Labute approximate surface area is 84.0 Å². The van der Waals surface area contributed by atoms with Gasteiger partial charge in [0.25, 0.3) is 0 Å². The second-order valence-electron chi connectivity index (χ2n) is 3.51. The Balaban J connectivity index is 2.70. The van der Waals surface area contributed by atoms with Gasteiger partial charge in [-0.15, -0.1) is 0 Å². The van der Waals surface area contributed by atoms with Crippen molar-refractivity contribution in [3.05, 3.63) is 42.3 Å². The molecule has 0 saturated heterocycles. The van der Waals surface area contributed by atoms with Gasteiger partial charge in [-0.2, -0.15) is 0 Å². The van der Waals surface area contributed by atoms with Crippen LogP contribution in [0.2, 0.25) is 0 Å². The molecule has 0 aliphatic rings. The molecule has 0 aliphatic heterocycles. The molecule has 2 heteroatoms. The van der Waals surface area contributed by atoms with Crippen LogP contribution in [0.3, 0.4) is 0 Å². The van der Waals surface area contributed by atoms with Crippen LogP contribution < -0.4 is 0 Å². The number of rotatable bonds is 4. The van der Waals surface area contributed by atoms with Crippen molar-refractivity contribution in [2.75, 3.05) is 0 Å². The second-order valence-corrected chi connectivity index (χ2v) is 3.51. The number of hydrogen-bond acceptors (Lipinski definition) is 0. The molecule has 14 heavy (non-hydrogen) atoms. The maximum atomic E-state index is 12.9. The van der Waals surface area contributed by atoms with E-state index in [-0.39, 0.29) is 5.92 Å². The van der Waals surface area contributed by atoms with Crippen LogP contribution in [-0.2, 0) is 0 Å². The van der Waals surface area contributed by atoms with Gasteiger partial charge in [-0.25, -0.2) is 8.78 Å². The first-order chi connectivity index (χ1) is 6.65. The van der Waals surface area contributed by atoms with Gasteiger partial charge < -0.3 is 0 Å². The molecule has 77 valence electrons. The predicted molar refractivity (Wildman–Crippen MR) is 54.0 cm³/mol. The van der Waals surface area contributed by atoms with E-state index in [1.54, 1.807) is 6.07 Å². The summed E-state index contributed by atoms with van der Waals surface area (Å²) in [5.41, 5.74) is 0.775. The van der Waals surface area contributed by atoms with Crippen molar-refractivity contribution in [2.45, 2.75) is 32.1 Å². The van der Waals surface area contributed by atoms with Crippen LogP contribution in [0.25, 0.3) is 0 Å². The van der Waals surface area contributed by atoms with E-state index in [1.165, 1.54) is 6.07 Å². The first-order valence-electron chi connectivity index (χ1n) is 4.93. The van der Waals surface area contributed by atoms with Crippen LogP contribution >= 0.6 is 0 Å². The maximum Gasteiger partial charge on any atom is 0.159 e. The average molecular weight is 197 g/mol. The van der Waals surface area contributed by atoms with Gasteiger partial charge in [-0.1, -0.05) is 25.8 Å². The highest BCUT2D eigenvalue weighted by Gasteiger charge is 2.08. The van der Waals surface area contributed by atoms with Gasteiger partial charge in [-0.3, -0.25) is 0 Å². The molecule has 0 spiro atoms. The van der Waals surface area contributed by atoms with Gasteiger partial charge in [0.1, 0.15) is 0 Å². The van der Waals surface area contributed by atoms with E-state index in [4.69, 9.17) is 0 Å². The van der Waals surface area contributed by atoms with Crippen molar-refractivity contribution in [1.29, 1.82) is 0 Å². The van der Waals surface area contributed by atoms with E-state index in [2.05, 4.69) is 13.8 Å². The monoisotopic (exact) mass is 197 g/mol. The molecule has 1 aromatic rings. The zero-order valence-corrected chi connectivity index (χ0v) is 8.39. The van der Waals surface area contributed by atoms with Crippen LogP contribution in [0.5, 0.6) is 0 Å². The minimum Gasteiger partial charge on any atom is -0.204 e. The molecule has 0 bridgehead atoms. The van der Waals surface area contributed by atoms with Crippen LogP contribution in [0.4, 0.5) is 8.78 Å². The molecule has 0 amide bonds. The third kappa shape index (κ3) is 2.79. The minimum absolute atomic E-state index is 0.0602. The fraction of sp³-hybridized carbons (Fsp3) is 0.417. The largest absolute Gasteiger partial charge is 0.204 e. The molecule has 1 atom stereocenters. The Kier molecular flexibility index (Phi) is 4.05. The molecule has 0 fully saturated rings. The molecule has 0 N–H and O–H groups in total. The Morgan fingerprint density at radius 3 is 2.57 bits per heavy atom. The summed E-state index contributed by atoms with van der Waals surface area (Å²) in [5.74, 6) is -1.52. The molecule has 0 saturated carbocycles. The topological polar surface area (TPSA) is 0 Å². The number of hydrogen-bond donors (Lipinski definition) is 0. The van der Waals surface area contributed by atoms with Crippen molar-refractivity contribution in [2.24, 2.45) is 0 Å². The van der Waals surface area contributed by atoms with E-state index in [0.29, 0.717) is 0 Å². The predicted octanol–water partition coefficient (Wildman–Crippen LogP) is 4.07. The Morgan fingerprint density at radius 2 is 2.00 bits per heavy atom. The van der Waals surface area contributed by atoms with Gasteiger partial charge in [0.15, 0.2) is 11.6 Å². The van der Waals surface area contributed by atoms with Crippen LogP contribution in [0.15, 0.2) is 18.2 Å². The van der Waals surface area contributed by atoms with Gasteiger partial charge in [0.05, 0.1) is 0 Å². The van der Waals surface area contributed by atoms with E-state index >= 15 is 0 Å². The van der Waals surface area contributed by atoms with Gasteiger partial charge in [-0.05, 0) is 37.0 Å². The van der Waals surface area contributed by atoms with E-state index in [9.17, 15) is 8.78 Å². The highest BCUT2D eigenvalue weighted by molar-refractivity contribution is 5.22. The quantitative estimate of drug-likeness (QED) is 0.682. The van der Waals surface area contributed by atoms with E-state index < -0.39 is 11.6 Å². The smallest absolute Gasteiger partial charge is 0.159 e. The summed E-state index contributed by atoms with van der Waals surface area (Å²) in [5, 5.41) is 0. The molecule has 1 radical (unpaired) electrons. The summed E-state index contributed by atoms with van der Waals surface area (Å²) >= 11 is 0. The van der Waals surface area contributed by atoms with Gasteiger partial charge in [0.2, 0.25) is 0 Å². The lowest BCUT2D eigenvalue weighted by molar-refractivity contribution is 0.505. The molecule has 1 aromatic carbocycles. The highest BCUT2D eigenvalue weighted by atomic mass is 19.2. The highest BCUT2D eigenvalue weighted by Crippen LogP contribution is 2.22.